The molecular formula is C32H45N. The van der Waals surface area contributed by atoms with Crippen LogP contribution in [0.4, 0.5) is 5.69 Å². The van der Waals surface area contributed by atoms with E-state index in [9.17, 15) is 0 Å². The fraction of sp³-hybridized carbons (Fsp3) is 0.500. The highest BCUT2D eigenvalue weighted by Crippen LogP contribution is 2.23. The summed E-state index contributed by atoms with van der Waals surface area (Å²) in [5.41, 5.74) is 4.20. The molecule has 33 heavy (non-hydrogen) atoms. The minimum atomic E-state index is 0.470. The summed E-state index contributed by atoms with van der Waals surface area (Å²) >= 11 is 0. The van der Waals surface area contributed by atoms with Crippen molar-refractivity contribution < 1.29 is 0 Å². The smallest absolute Gasteiger partial charge is 0.0342 e. The van der Waals surface area contributed by atoms with Crippen molar-refractivity contribution in [1.82, 2.24) is 0 Å². The lowest BCUT2D eigenvalue weighted by molar-refractivity contribution is 0.569. The minimum Gasteiger partial charge on any atom is -0.382 e. The third-order valence-corrected chi connectivity index (χ3v) is 6.90. The lowest BCUT2D eigenvalue weighted by Gasteiger charge is -2.21. The SMILES string of the molecule is CCCCCCCCc1ccc(NC(CCCCCC)Cc2cccc3ccccc23)cc1. The molecule has 1 nitrogen and oxygen atoms in total. The fourth-order valence-corrected chi connectivity index (χ4v) is 4.89. The second kappa shape index (κ2) is 14.8. The van der Waals surface area contributed by atoms with E-state index in [1.807, 2.05) is 0 Å². The lowest BCUT2D eigenvalue weighted by atomic mass is 9.95. The van der Waals surface area contributed by atoms with Gasteiger partial charge in [-0.15, -0.1) is 0 Å². The Labute approximate surface area is 203 Å². The molecule has 1 atom stereocenters. The van der Waals surface area contributed by atoms with E-state index in [4.69, 9.17) is 0 Å². The molecule has 1 N–H and O–H groups in total. The molecule has 0 aromatic heterocycles. The number of rotatable bonds is 16. The Morgan fingerprint density at radius 2 is 1.30 bits per heavy atom. The summed E-state index contributed by atoms with van der Waals surface area (Å²) in [5, 5.41) is 6.63. The van der Waals surface area contributed by atoms with Gasteiger partial charge in [-0.2, -0.15) is 0 Å². The largest absolute Gasteiger partial charge is 0.382 e. The summed E-state index contributed by atoms with van der Waals surface area (Å²) in [6.45, 7) is 4.58. The maximum absolute atomic E-state index is 3.89. The standard InChI is InChI=1S/C32H45N/c1-3-5-7-9-10-11-16-27-22-24-30(25-23-27)33-31(20-12-8-6-4-2)26-29-19-15-18-28-17-13-14-21-32(28)29/h13-15,17-19,21-25,31,33H,3-12,16,20,26H2,1-2H3. The molecule has 0 amide bonds. The first-order chi connectivity index (χ1) is 16.3. The fourth-order valence-electron chi connectivity index (χ4n) is 4.89. The predicted molar refractivity (Wildman–Crippen MR) is 147 cm³/mol. The third-order valence-electron chi connectivity index (χ3n) is 6.90. The van der Waals surface area contributed by atoms with Crippen molar-refractivity contribution in [3.63, 3.8) is 0 Å². The molecule has 0 heterocycles. The van der Waals surface area contributed by atoms with Crippen LogP contribution in [0.25, 0.3) is 10.8 Å². The Hall–Kier alpha value is -2.28. The van der Waals surface area contributed by atoms with Crippen LogP contribution in [0.5, 0.6) is 0 Å². The summed E-state index contributed by atoms with van der Waals surface area (Å²) in [6.07, 6.45) is 17.0. The van der Waals surface area contributed by atoms with Crippen LogP contribution in [0.2, 0.25) is 0 Å². The van der Waals surface area contributed by atoms with E-state index in [0.717, 1.165) is 6.42 Å². The van der Waals surface area contributed by atoms with Crippen LogP contribution in [-0.2, 0) is 12.8 Å². The minimum absolute atomic E-state index is 0.470. The molecule has 0 fully saturated rings. The average molecular weight is 444 g/mol. The monoisotopic (exact) mass is 443 g/mol. The Morgan fingerprint density at radius 1 is 0.636 bits per heavy atom. The number of anilines is 1. The number of fused-ring (bicyclic) bond motifs is 1. The van der Waals surface area contributed by atoms with E-state index in [2.05, 4.69) is 85.9 Å². The number of benzene rings is 3. The highest BCUT2D eigenvalue weighted by Gasteiger charge is 2.12. The van der Waals surface area contributed by atoms with Crippen molar-refractivity contribution in [2.45, 2.75) is 103 Å². The van der Waals surface area contributed by atoms with E-state index in [1.165, 1.54) is 105 Å². The summed E-state index contributed by atoms with van der Waals surface area (Å²) in [7, 11) is 0. The Balaban J connectivity index is 1.59. The summed E-state index contributed by atoms with van der Waals surface area (Å²) < 4.78 is 0. The van der Waals surface area contributed by atoms with Crippen molar-refractivity contribution in [1.29, 1.82) is 0 Å². The molecule has 0 spiro atoms. The van der Waals surface area contributed by atoms with Crippen LogP contribution in [0.3, 0.4) is 0 Å². The molecule has 0 saturated carbocycles. The van der Waals surface area contributed by atoms with Crippen LogP contribution in [-0.4, -0.2) is 6.04 Å². The van der Waals surface area contributed by atoms with Gasteiger partial charge in [0.05, 0.1) is 0 Å². The molecule has 0 aliphatic heterocycles. The van der Waals surface area contributed by atoms with Crippen LogP contribution in [0.1, 0.15) is 95.6 Å². The average Bonchev–Trinajstić information content (AvgIpc) is 2.85. The number of hydrogen-bond donors (Lipinski definition) is 1. The normalized spacial score (nSPS) is 12.2. The topological polar surface area (TPSA) is 12.0 Å². The number of hydrogen-bond acceptors (Lipinski definition) is 1. The van der Waals surface area contributed by atoms with E-state index < -0.39 is 0 Å². The lowest BCUT2D eigenvalue weighted by Crippen LogP contribution is -2.22. The van der Waals surface area contributed by atoms with E-state index >= 15 is 0 Å². The Kier molecular flexibility index (Phi) is 11.4. The number of nitrogens with one attached hydrogen (secondary N) is 1. The molecular weight excluding hydrogens is 398 g/mol. The molecule has 3 aromatic rings. The maximum atomic E-state index is 3.89. The van der Waals surface area contributed by atoms with Crippen LogP contribution in [0.15, 0.2) is 66.7 Å². The van der Waals surface area contributed by atoms with Crippen molar-refractivity contribution >= 4 is 16.5 Å². The highest BCUT2D eigenvalue weighted by molar-refractivity contribution is 5.85. The first-order valence-corrected chi connectivity index (χ1v) is 13.6. The van der Waals surface area contributed by atoms with Gasteiger partial charge in [0, 0.05) is 11.7 Å². The van der Waals surface area contributed by atoms with Gasteiger partial charge in [-0.3, -0.25) is 0 Å². The maximum Gasteiger partial charge on any atom is 0.0342 e. The highest BCUT2D eigenvalue weighted by atomic mass is 14.9. The molecule has 0 aliphatic rings. The first kappa shape index (κ1) is 25.3. The van der Waals surface area contributed by atoms with E-state index in [-0.39, 0.29) is 0 Å². The summed E-state index contributed by atoms with van der Waals surface area (Å²) in [4.78, 5) is 0. The Morgan fingerprint density at radius 3 is 2.09 bits per heavy atom. The second-order valence-corrected chi connectivity index (χ2v) is 9.75. The van der Waals surface area contributed by atoms with Crippen molar-refractivity contribution in [3.05, 3.63) is 77.9 Å². The quantitative estimate of drug-likeness (QED) is 0.217. The molecule has 3 aromatic carbocycles. The molecule has 0 saturated heterocycles. The predicted octanol–water partition coefficient (Wildman–Crippen LogP) is 9.74. The van der Waals surface area contributed by atoms with Gasteiger partial charge in [0.25, 0.3) is 0 Å². The molecule has 1 unspecified atom stereocenters. The van der Waals surface area contributed by atoms with Gasteiger partial charge in [0.15, 0.2) is 0 Å². The van der Waals surface area contributed by atoms with E-state index in [0.29, 0.717) is 6.04 Å². The van der Waals surface area contributed by atoms with Gasteiger partial charge in [0.1, 0.15) is 0 Å². The molecule has 0 aliphatic carbocycles. The Bertz CT molecular complexity index is 906. The zero-order valence-corrected chi connectivity index (χ0v) is 21.1. The first-order valence-electron chi connectivity index (χ1n) is 13.6. The van der Waals surface area contributed by atoms with Crippen molar-refractivity contribution in [2.24, 2.45) is 0 Å². The number of aryl methyl sites for hydroxylation is 1. The second-order valence-electron chi connectivity index (χ2n) is 9.75. The van der Waals surface area contributed by atoms with Gasteiger partial charge in [-0.25, -0.2) is 0 Å². The molecule has 3 rings (SSSR count). The molecule has 0 radical (unpaired) electrons. The van der Waals surface area contributed by atoms with E-state index in [1.54, 1.807) is 0 Å². The van der Waals surface area contributed by atoms with Crippen LogP contribution in [0, 0.1) is 0 Å². The number of unbranched alkanes of at least 4 members (excludes halogenated alkanes) is 8. The van der Waals surface area contributed by atoms with Gasteiger partial charge in [0.2, 0.25) is 0 Å². The third kappa shape index (κ3) is 8.88. The van der Waals surface area contributed by atoms with Gasteiger partial charge < -0.3 is 5.32 Å². The van der Waals surface area contributed by atoms with Gasteiger partial charge in [-0.05, 0) is 59.7 Å². The molecule has 0 bridgehead atoms. The molecule has 178 valence electrons. The zero-order valence-electron chi connectivity index (χ0n) is 21.1. The zero-order chi connectivity index (χ0) is 23.1. The molecule has 1 heteroatoms. The van der Waals surface area contributed by atoms with Gasteiger partial charge in [-0.1, -0.05) is 126 Å². The van der Waals surface area contributed by atoms with Crippen LogP contribution < -0.4 is 5.32 Å². The summed E-state index contributed by atoms with van der Waals surface area (Å²) in [6, 6.07) is 25.3. The van der Waals surface area contributed by atoms with Crippen LogP contribution >= 0.6 is 0 Å². The van der Waals surface area contributed by atoms with Crippen molar-refractivity contribution in [3.8, 4) is 0 Å². The summed E-state index contributed by atoms with van der Waals surface area (Å²) in [5.74, 6) is 0. The van der Waals surface area contributed by atoms with Crippen molar-refractivity contribution in [2.75, 3.05) is 5.32 Å². The van der Waals surface area contributed by atoms with Gasteiger partial charge >= 0.3 is 0 Å².